The van der Waals surface area contributed by atoms with Crippen molar-refractivity contribution in [2.24, 2.45) is 0 Å². The molecule has 1 aliphatic rings. The highest BCUT2D eigenvalue weighted by Crippen LogP contribution is 2.24. The van der Waals surface area contributed by atoms with Crippen LogP contribution in [0.3, 0.4) is 0 Å². The fourth-order valence-electron chi connectivity index (χ4n) is 2.86. The van der Waals surface area contributed by atoms with Crippen molar-refractivity contribution in [3.05, 3.63) is 59.1 Å². The Kier molecular flexibility index (Phi) is 7.38. The largest absolute Gasteiger partial charge is 0.362 e. The zero-order valence-corrected chi connectivity index (χ0v) is 17.3. The normalized spacial score (nSPS) is 13.7. The lowest BCUT2D eigenvalue weighted by Gasteiger charge is -2.17. The van der Waals surface area contributed by atoms with E-state index in [1.54, 1.807) is 0 Å². The molecule has 1 aliphatic heterocycles. The maximum atomic E-state index is 11.9. The number of rotatable bonds is 7. The first-order chi connectivity index (χ1) is 13.1. The van der Waals surface area contributed by atoms with Gasteiger partial charge in [-0.15, -0.1) is 0 Å². The Morgan fingerprint density at radius 3 is 2.78 bits per heavy atom. The van der Waals surface area contributed by atoms with Crippen LogP contribution in [-0.4, -0.2) is 29.9 Å². The third kappa shape index (κ3) is 6.13. The quantitative estimate of drug-likeness (QED) is 0.503. The minimum absolute atomic E-state index is 0.186. The molecule has 2 N–H and O–H groups in total. The van der Waals surface area contributed by atoms with E-state index in [1.807, 2.05) is 65.2 Å². The lowest BCUT2D eigenvalue weighted by molar-refractivity contribution is -0.117. The maximum absolute atomic E-state index is 11.9. The lowest BCUT2D eigenvalue weighted by atomic mass is 10.2. The zero-order valence-electron chi connectivity index (χ0n) is 14.9. The van der Waals surface area contributed by atoms with Crippen molar-refractivity contribution in [2.45, 2.75) is 18.6 Å². The van der Waals surface area contributed by atoms with E-state index < -0.39 is 0 Å². The van der Waals surface area contributed by atoms with Crippen molar-refractivity contribution >= 4 is 58.0 Å². The van der Waals surface area contributed by atoms with E-state index in [0.717, 1.165) is 47.4 Å². The van der Waals surface area contributed by atoms with E-state index in [9.17, 15) is 4.79 Å². The molecule has 1 fully saturated rings. The van der Waals surface area contributed by atoms with Crippen LogP contribution >= 0.6 is 35.6 Å². The van der Waals surface area contributed by atoms with Gasteiger partial charge in [0.2, 0.25) is 5.91 Å². The molecule has 0 bridgehead atoms. The highest BCUT2D eigenvalue weighted by atomic mass is 35.5. The SMILES string of the molecule is O=C1CCCN1c1cccc(NC(=S)NCCSCc2ccc(Cl)cc2)c1. The second kappa shape index (κ2) is 9.97. The molecular weight excluding hydrogens is 398 g/mol. The zero-order chi connectivity index (χ0) is 19.1. The van der Waals surface area contributed by atoms with Gasteiger partial charge in [0.25, 0.3) is 0 Å². The minimum Gasteiger partial charge on any atom is -0.362 e. The molecule has 0 unspecified atom stereocenters. The third-order valence-electron chi connectivity index (χ3n) is 4.20. The molecule has 0 spiro atoms. The predicted molar refractivity (Wildman–Crippen MR) is 120 cm³/mol. The molecule has 0 atom stereocenters. The summed E-state index contributed by atoms with van der Waals surface area (Å²) >= 11 is 13.1. The Bertz CT molecular complexity index is 798. The van der Waals surface area contributed by atoms with Crippen LogP contribution in [0.2, 0.25) is 5.02 Å². The van der Waals surface area contributed by atoms with E-state index in [-0.39, 0.29) is 5.91 Å². The van der Waals surface area contributed by atoms with Gasteiger partial charge in [0, 0.05) is 47.4 Å². The minimum atomic E-state index is 0.186. The van der Waals surface area contributed by atoms with Gasteiger partial charge in [0.1, 0.15) is 0 Å². The molecule has 7 heteroatoms. The molecule has 0 radical (unpaired) electrons. The van der Waals surface area contributed by atoms with Crippen molar-refractivity contribution in [3.63, 3.8) is 0 Å². The van der Waals surface area contributed by atoms with Gasteiger partial charge < -0.3 is 15.5 Å². The maximum Gasteiger partial charge on any atom is 0.227 e. The Labute approximate surface area is 174 Å². The Morgan fingerprint density at radius 2 is 2.04 bits per heavy atom. The van der Waals surface area contributed by atoms with Gasteiger partial charge in [-0.1, -0.05) is 29.8 Å². The summed E-state index contributed by atoms with van der Waals surface area (Å²) in [6.45, 7) is 1.57. The van der Waals surface area contributed by atoms with Gasteiger partial charge in [0.15, 0.2) is 5.11 Å². The van der Waals surface area contributed by atoms with Gasteiger partial charge in [-0.3, -0.25) is 4.79 Å². The number of anilines is 2. The summed E-state index contributed by atoms with van der Waals surface area (Å²) in [5.74, 6) is 2.09. The van der Waals surface area contributed by atoms with Crippen molar-refractivity contribution in [1.82, 2.24) is 5.32 Å². The number of carbonyl (C=O) groups excluding carboxylic acids is 1. The van der Waals surface area contributed by atoms with Crippen LogP contribution in [0, 0.1) is 0 Å². The predicted octanol–water partition coefficient (Wildman–Crippen LogP) is 4.69. The van der Waals surface area contributed by atoms with Crippen molar-refractivity contribution in [3.8, 4) is 0 Å². The van der Waals surface area contributed by atoms with Crippen LogP contribution in [0.15, 0.2) is 48.5 Å². The van der Waals surface area contributed by atoms with Crippen LogP contribution in [0.25, 0.3) is 0 Å². The number of hydrogen-bond donors (Lipinski definition) is 2. The number of thiocarbonyl (C=S) groups is 1. The van der Waals surface area contributed by atoms with Gasteiger partial charge in [-0.05, 0) is 54.5 Å². The number of thioether (sulfide) groups is 1. The number of nitrogens with zero attached hydrogens (tertiary/aromatic N) is 1. The number of carbonyl (C=O) groups is 1. The number of amides is 1. The van der Waals surface area contributed by atoms with Gasteiger partial charge in [-0.25, -0.2) is 0 Å². The van der Waals surface area contributed by atoms with Gasteiger partial charge in [-0.2, -0.15) is 11.8 Å². The second-order valence-corrected chi connectivity index (χ2v) is 8.21. The van der Waals surface area contributed by atoms with Crippen LogP contribution in [0.4, 0.5) is 11.4 Å². The smallest absolute Gasteiger partial charge is 0.227 e. The lowest BCUT2D eigenvalue weighted by Crippen LogP contribution is -2.30. The van der Waals surface area contributed by atoms with E-state index in [0.29, 0.717) is 11.5 Å². The standard InChI is InChI=1S/C20H22ClN3OS2/c21-16-8-6-15(7-9-16)14-27-12-10-22-20(26)23-17-3-1-4-18(13-17)24-11-2-5-19(24)25/h1,3-4,6-9,13H,2,5,10-12,14H2,(H2,22,23,26). The summed E-state index contributed by atoms with van der Waals surface area (Å²) in [6.07, 6.45) is 1.55. The summed E-state index contributed by atoms with van der Waals surface area (Å²) in [5.41, 5.74) is 3.07. The summed E-state index contributed by atoms with van der Waals surface area (Å²) in [7, 11) is 0. The summed E-state index contributed by atoms with van der Waals surface area (Å²) in [4.78, 5) is 13.7. The number of nitrogens with one attached hydrogen (secondary N) is 2. The molecule has 1 saturated heterocycles. The van der Waals surface area contributed by atoms with Crippen LogP contribution in [0.1, 0.15) is 18.4 Å². The molecule has 27 heavy (non-hydrogen) atoms. The molecule has 3 rings (SSSR count). The summed E-state index contributed by atoms with van der Waals surface area (Å²) < 4.78 is 0. The Balaban J connectivity index is 1.39. The van der Waals surface area contributed by atoms with E-state index >= 15 is 0 Å². The molecule has 1 amide bonds. The number of benzene rings is 2. The average molecular weight is 420 g/mol. The summed E-state index contributed by atoms with van der Waals surface area (Å²) in [5, 5.41) is 7.77. The number of hydrogen-bond acceptors (Lipinski definition) is 3. The molecule has 2 aromatic carbocycles. The van der Waals surface area contributed by atoms with Gasteiger partial charge in [0.05, 0.1) is 0 Å². The Morgan fingerprint density at radius 1 is 1.22 bits per heavy atom. The van der Waals surface area contributed by atoms with Crippen LogP contribution in [-0.2, 0) is 10.5 Å². The number of halogens is 1. The molecule has 4 nitrogen and oxygen atoms in total. The summed E-state index contributed by atoms with van der Waals surface area (Å²) in [6, 6.07) is 15.7. The monoisotopic (exact) mass is 419 g/mol. The van der Waals surface area contributed by atoms with Crippen molar-refractivity contribution in [1.29, 1.82) is 0 Å². The van der Waals surface area contributed by atoms with E-state index in [2.05, 4.69) is 10.6 Å². The molecule has 142 valence electrons. The van der Waals surface area contributed by atoms with E-state index in [1.165, 1.54) is 5.56 Å². The third-order valence-corrected chi connectivity index (χ3v) is 5.73. The van der Waals surface area contributed by atoms with Crippen LogP contribution < -0.4 is 15.5 Å². The first kappa shape index (κ1) is 20.0. The topological polar surface area (TPSA) is 44.4 Å². The molecule has 0 aromatic heterocycles. The molecule has 1 heterocycles. The first-order valence-electron chi connectivity index (χ1n) is 8.89. The average Bonchev–Trinajstić information content (AvgIpc) is 3.09. The molecule has 2 aromatic rings. The first-order valence-corrected chi connectivity index (χ1v) is 10.8. The van der Waals surface area contributed by atoms with Crippen LogP contribution in [0.5, 0.6) is 0 Å². The van der Waals surface area contributed by atoms with Crippen molar-refractivity contribution < 1.29 is 4.79 Å². The second-order valence-electron chi connectivity index (χ2n) is 6.26. The molecular formula is C20H22ClN3OS2. The molecule has 0 aliphatic carbocycles. The highest BCUT2D eigenvalue weighted by Gasteiger charge is 2.21. The molecule has 0 saturated carbocycles. The fourth-order valence-corrected chi connectivity index (χ4v) is 4.02. The highest BCUT2D eigenvalue weighted by molar-refractivity contribution is 7.98. The Hall–Kier alpha value is -1.76. The fraction of sp³-hybridized carbons (Fsp3) is 0.300. The van der Waals surface area contributed by atoms with Crippen molar-refractivity contribution in [2.75, 3.05) is 29.1 Å². The van der Waals surface area contributed by atoms with E-state index in [4.69, 9.17) is 23.8 Å². The van der Waals surface area contributed by atoms with Gasteiger partial charge >= 0.3 is 0 Å².